The van der Waals surface area contributed by atoms with Crippen molar-refractivity contribution in [3.63, 3.8) is 0 Å². The highest BCUT2D eigenvalue weighted by Gasteiger charge is 2.20. The van der Waals surface area contributed by atoms with Crippen LogP contribution in [-0.2, 0) is 9.53 Å². The second kappa shape index (κ2) is 8.12. The lowest BCUT2D eigenvalue weighted by Gasteiger charge is -2.05. The Bertz CT molecular complexity index is 801. The maximum atomic E-state index is 12.2. The largest absolute Gasteiger partial charge is 0.465 e. The second-order valence-electron chi connectivity index (χ2n) is 6.12. The smallest absolute Gasteiger partial charge is 0.341 e. The molecule has 1 aromatic heterocycles. The molecule has 0 atom stereocenters. The van der Waals surface area contributed by atoms with E-state index in [1.54, 1.807) is 6.08 Å². The van der Waals surface area contributed by atoms with Crippen LogP contribution in [0.5, 0.6) is 0 Å². The molecule has 0 aliphatic rings. The number of rotatable bonds is 5. The predicted octanol–water partition coefficient (Wildman–Crippen LogP) is 4.93. The monoisotopic (exact) mass is 357 g/mol. The van der Waals surface area contributed by atoms with Gasteiger partial charge < -0.3 is 10.1 Å². The van der Waals surface area contributed by atoms with Crippen molar-refractivity contribution < 1.29 is 14.3 Å². The van der Waals surface area contributed by atoms with Crippen LogP contribution >= 0.6 is 11.3 Å². The van der Waals surface area contributed by atoms with Crippen molar-refractivity contribution in [1.82, 2.24) is 0 Å². The number of aryl methyl sites for hydroxylation is 1. The molecular formula is C20H23NO3S. The molecule has 1 N–H and O–H groups in total. The summed E-state index contributed by atoms with van der Waals surface area (Å²) in [6.45, 7) is 8.04. The van der Waals surface area contributed by atoms with Crippen molar-refractivity contribution in [2.45, 2.75) is 33.6 Å². The summed E-state index contributed by atoms with van der Waals surface area (Å²) in [6.07, 6.45) is 3.22. The van der Waals surface area contributed by atoms with Gasteiger partial charge in [-0.3, -0.25) is 4.79 Å². The standard InChI is InChI=1S/C20H23NO3S/c1-12(2)16-9-6-15(7-10-16)8-11-17(22)21-19-18(20(23)24-5)13(3)14(4)25-19/h6-12H,1-5H3,(H,21,22). The molecule has 0 fully saturated rings. The average molecular weight is 357 g/mol. The predicted molar refractivity (Wildman–Crippen MR) is 103 cm³/mol. The minimum absolute atomic E-state index is 0.278. The molecule has 0 aliphatic carbocycles. The van der Waals surface area contributed by atoms with Crippen LogP contribution in [0.3, 0.4) is 0 Å². The van der Waals surface area contributed by atoms with Gasteiger partial charge in [-0.25, -0.2) is 4.79 Å². The van der Waals surface area contributed by atoms with Crippen LogP contribution in [0.15, 0.2) is 30.3 Å². The van der Waals surface area contributed by atoms with E-state index in [0.717, 1.165) is 16.0 Å². The number of nitrogens with one attached hydrogen (secondary N) is 1. The molecule has 0 unspecified atom stereocenters. The number of anilines is 1. The fourth-order valence-corrected chi connectivity index (χ4v) is 3.43. The number of benzene rings is 1. The highest BCUT2D eigenvalue weighted by Crippen LogP contribution is 2.32. The Balaban J connectivity index is 2.12. The van der Waals surface area contributed by atoms with Gasteiger partial charge in [0.05, 0.1) is 12.7 Å². The first-order valence-electron chi connectivity index (χ1n) is 8.10. The minimum atomic E-state index is -0.439. The normalized spacial score (nSPS) is 11.1. The van der Waals surface area contributed by atoms with Crippen LogP contribution in [0, 0.1) is 13.8 Å². The number of hydrogen-bond acceptors (Lipinski definition) is 4. The molecule has 0 bridgehead atoms. The highest BCUT2D eigenvalue weighted by atomic mass is 32.1. The van der Waals surface area contributed by atoms with E-state index in [0.29, 0.717) is 16.5 Å². The van der Waals surface area contributed by atoms with Gasteiger partial charge in [-0.05, 0) is 42.5 Å². The molecular weight excluding hydrogens is 334 g/mol. The Morgan fingerprint density at radius 3 is 2.36 bits per heavy atom. The molecule has 0 saturated carbocycles. The SMILES string of the molecule is COC(=O)c1c(NC(=O)C=Cc2ccc(C(C)C)cc2)sc(C)c1C. The van der Waals surface area contributed by atoms with E-state index >= 15 is 0 Å². The third-order valence-corrected chi connectivity index (χ3v) is 5.16. The van der Waals surface area contributed by atoms with Crippen LogP contribution in [0.1, 0.15) is 51.7 Å². The van der Waals surface area contributed by atoms with Gasteiger partial charge in [-0.1, -0.05) is 38.1 Å². The molecule has 1 amide bonds. The van der Waals surface area contributed by atoms with Gasteiger partial charge in [-0.2, -0.15) is 0 Å². The summed E-state index contributed by atoms with van der Waals surface area (Å²) in [5.74, 6) is -0.242. The Morgan fingerprint density at radius 1 is 1.16 bits per heavy atom. The molecule has 132 valence electrons. The topological polar surface area (TPSA) is 55.4 Å². The molecule has 0 spiro atoms. The number of esters is 1. The zero-order valence-corrected chi connectivity index (χ0v) is 16.0. The first kappa shape index (κ1) is 18.9. The summed E-state index contributed by atoms with van der Waals surface area (Å²) in [4.78, 5) is 25.1. The molecule has 2 aromatic rings. The van der Waals surface area contributed by atoms with Gasteiger partial charge in [0, 0.05) is 11.0 Å². The van der Waals surface area contributed by atoms with Crippen LogP contribution in [0.4, 0.5) is 5.00 Å². The van der Waals surface area contributed by atoms with Gasteiger partial charge in [0.25, 0.3) is 0 Å². The molecule has 0 radical (unpaired) electrons. The number of ether oxygens (including phenoxy) is 1. The van der Waals surface area contributed by atoms with Crippen LogP contribution in [0.25, 0.3) is 6.08 Å². The van der Waals surface area contributed by atoms with E-state index in [1.807, 2.05) is 26.0 Å². The van der Waals surface area contributed by atoms with Gasteiger partial charge in [0.15, 0.2) is 0 Å². The molecule has 0 aliphatic heterocycles. The summed E-state index contributed by atoms with van der Waals surface area (Å²) in [5, 5.41) is 3.30. The third-order valence-electron chi connectivity index (χ3n) is 4.04. The van der Waals surface area contributed by atoms with Gasteiger partial charge in [0.1, 0.15) is 5.00 Å². The minimum Gasteiger partial charge on any atom is -0.465 e. The summed E-state index contributed by atoms with van der Waals surface area (Å²) in [5.41, 5.74) is 3.47. The van der Waals surface area contributed by atoms with Crippen LogP contribution in [-0.4, -0.2) is 19.0 Å². The summed E-state index contributed by atoms with van der Waals surface area (Å²) >= 11 is 1.37. The number of carbonyl (C=O) groups is 2. The average Bonchev–Trinajstić information content (AvgIpc) is 2.86. The first-order chi connectivity index (χ1) is 11.8. The Labute approximate surface area is 152 Å². The van der Waals surface area contributed by atoms with Gasteiger partial charge >= 0.3 is 5.97 Å². The van der Waals surface area contributed by atoms with Crippen LogP contribution in [0.2, 0.25) is 0 Å². The van der Waals surface area contributed by atoms with Crippen molar-refractivity contribution in [3.05, 3.63) is 57.5 Å². The zero-order chi connectivity index (χ0) is 18.6. The second-order valence-corrected chi connectivity index (χ2v) is 7.35. The molecule has 5 heteroatoms. The van der Waals surface area contributed by atoms with Gasteiger partial charge in [0.2, 0.25) is 5.91 Å². The van der Waals surface area contributed by atoms with Gasteiger partial charge in [-0.15, -0.1) is 11.3 Å². The third kappa shape index (κ3) is 4.57. The summed E-state index contributed by atoms with van der Waals surface area (Å²) in [7, 11) is 1.33. The van der Waals surface area contributed by atoms with Crippen LogP contribution < -0.4 is 5.32 Å². The zero-order valence-electron chi connectivity index (χ0n) is 15.2. The molecule has 25 heavy (non-hydrogen) atoms. The molecule has 2 rings (SSSR count). The first-order valence-corrected chi connectivity index (χ1v) is 8.92. The number of hydrogen-bond donors (Lipinski definition) is 1. The van der Waals surface area contributed by atoms with E-state index in [1.165, 1.54) is 30.1 Å². The van der Waals surface area contributed by atoms with E-state index in [4.69, 9.17) is 4.74 Å². The van der Waals surface area contributed by atoms with E-state index < -0.39 is 5.97 Å². The number of methoxy groups -OCH3 is 1. The lowest BCUT2D eigenvalue weighted by atomic mass is 10.0. The van der Waals surface area contributed by atoms with Crippen molar-refractivity contribution in [2.24, 2.45) is 0 Å². The maximum absolute atomic E-state index is 12.2. The summed E-state index contributed by atoms with van der Waals surface area (Å²) in [6, 6.07) is 8.09. The van der Waals surface area contributed by atoms with Crippen molar-refractivity contribution in [3.8, 4) is 0 Å². The number of thiophene rings is 1. The molecule has 0 saturated heterocycles. The van der Waals surface area contributed by atoms with Crippen molar-refractivity contribution in [2.75, 3.05) is 12.4 Å². The molecule has 1 heterocycles. The number of amides is 1. The van der Waals surface area contributed by atoms with E-state index in [2.05, 4.69) is 31.3 Å². The Morgan fingerprint density at radius 2 is 1.80 bits per heavy atom. The quantitative estimate of drug-likeness (QED) is 0.610. The van der Waals surface area contributed by atoms with Crippen molar-refractivity contribution in [1.29, 1.82) is 0 Å². The molecule has 1 aromatic carbocycles. The van der Waals surface area contributed by atoms with E-state index in [9.17, 15) is 9.59 Å². The van der Waals surface area contributed by atoms with E-state index in [-0.39, 0.29) is 5.91 Å². The fourth-order valence-electron chi connectivity index (χ4n) is 2.38. The lowest BCUT2D eigenvalue weighted by Crippen LogP contribution is -2.11. The highest BCUT2D eigenvalue weighted by molar-refractivity contribution is 7.16. The Hall–Kier alpha value is -2.40. The number of carbonyl (C=O) groups excluding carboxylic acids is 2. The lowest BCUT2D eigenvalue weighted by molar-refractivity contribution is -0.111. The summed E-state index contributed by atoms with van der Waals surface area (Å²) < 4.78 is 4.81. The maximum Gasteiger partial charge on any atom is 0.341 e. The Kier molecular flexibility index (Phi) is 6.15. The molecule has 4 nitrogen and oxygen atoms in total. The van der Waals surface area contributed by atoms with Crippen molar-refractivity contribution >= 4 is 34.3 Å². The fraction of sp³-hybridized carbons (Fsp3) is 0.300.